The van der Waals surface area contributed by atoms with Gasteiger partial charge in [-0.2, -0.15) is 0 Å². The lowest BCUT2D eigenvalue weighted by Crippen LogP contribution is -2.37. The number of halogens is 2. The zero-order chi connectivity index (χ0) is 25.2. The molecule has 9 nitrogen and oxygen atoms in total. The minimum atomic E-state index is -0.767. The van der Waals surface area contributed by atoms with Crippen LogP contribution < -0.4 is 10.7 Å². The van der Waals surface area contributed by atoms with Gasteiger partial charge in [-0.15, -0.1) is 0 Å². The van der Waals surface area contributed by atoms with Crippen LogP contribution in [-0.4, -0.2) is 39.9 Å². The number of aromatic nitrogens is 2. The van der Waals surface area contributed by atoms with Gasteiger partial charge in [-0.25, -0.2) is 9.59 Å². The van der Waals surface area contributed by atoms with Gasteiger partial charge in [-0.05, 0) is 50.5 Å². The molecule has 1 aromatic carbocycles. The van der Waals surface area contributed by atoms with Crippen molar-refractivity contribution in [2.24, 2.45) is 10.9 Å². The average Bonchev–Trinajstić information content (AvgIpc) is 3.13. The SMILES string of the molecule is CC(C)C1=CC(Cc2c(Cl)cc(N(Cc3noc(=O)[nH]3)C(=O)OC(C)(C)C)cc2Cl)=NCC1=O. The van der Waals surface area contributed by atoms with E-state index < -0.39 is 17.5 Å². The van der Waals surface area contributed by atoms with Gasteiger partial charge in [0.25, 0.3) is 0 Å². The number of benzene rings is 1. The third kappa shape index (κ3) is 6.36. The van der Waals surface area contributed by atoms with Crippen molar-refractivity contribution in [3.63, 3.8) is 0 Å². The molecule has 1 N–H and O–H groups in total. The quantitative estimate of drug-likeness (QED) is 0.600. The van der Waals surface area contributed by atoms with E-state index in [1.165, 1.54) is 4.90 Å². The number of aliphatic imine (C=N–C) groups is 1. The van der Waals surface area contributed by atoms with Gasteiger partial charge in [0, 0.05) is 27.8 Å². The highest BCUT2D eigenvalue weighted by Crippen LogP contribution is 2.33. The molecule has 1 aliphatic rings. The van der Waals surface area contributed by atoms with E-state index in [1.807, 2.05) is 13.8 Å². The van der Waals surface area contributed by atoms with E-state index in [0.717, 1.165) is 0 Å². The Kier molecular flexibility index (Phi) is 7.67. The minimum absolute atomic E-state index is 0.00481. The Morgan fingerprint density at radius 3 is 2.41 bits per heavy atom. The summed E-state index contributed by atoms with van der Waals surface area (Å²) in [5.74, 6) is -0.534. The molecule has 1 amide bonds. The molecule has 0 aliphatic carbocycles. The van der Waals surface area contributed by atoms with Gasteiger partial charge in [0.15, 0.2) is 11.6 Å². The lowest BCUT2D eigenvalue weighted by atomic mass is 9.93. The molecule has 0 bridgehead atoms. The first-order valence-electron chi connectivity index (χ1n) is 10.7. The normalized spacial score (nSPS) is 14.2. The van der Waals surface area contributed by atoms with E-state index in [4.69, 9.17) is 27.9 Å². The van der Waals surface area contributed by atoms with Crippen LogP contribution in [0.3, 0.4) is 0 Å². The van der Waals surface area contributed by atoms with Crippen LogP contribution in [0.15, 0.2) is 38.1 Å². The van der Waals surface area contributed by atoms with Crippen LogP contribution in [0, 0.1) is 5.92 Å². The number of carbonyl (C=O) groups is 2. The Morgan fingerprint density at radius 2 is 1.88 bits per heavy atom. The summed E-state index contributed by atoms with van der Waals surface area (Å²) in [6.45, 7) is 9.07. The fourth-order valence-corrected chi connectivity index (χ4v) is 3.93. The monoisotopic (exact) mass is 508 g/mol. The molecule has 0 spiro atoms. The largest absolute Gasteiger partial charge is 0.443 e. The predicted molar refractivity (Wildman–Crippen MR) is 130 cm³/mol. The molecule has 2 aromatic rings. The zero-order valence-corrected chi connectivity index (χ0v) is 21.1. The molecule has 0 fully saturated rings. The number of aromatic amines is 1. The molecule has 0 unspecified atom stereocenters. The summed E-state index contributed by atoms with van der Waals surface area (Å²) < 4.78 is 10.0. The molecule has 1 aromatic heterocycles. The smallest absolute Gasteiger partial charge is 0.438 e. The lowest BCUT2D eigenvalue weighted by molar-refractivity contribution is -0.114. The third-order valence-corrected chi connectivity index (χ3v) is 5.57. The second-order valence-corrected chi connectivity index (χ2v) is 9.97. The van der Waals surface area contributed by atoms with Crippen LogP contribution in [0.2, 0.25) is 10.0 Å². The highest BCUT2D eigenvalue weighted by molar-refractivity contribution is 6.37. The van der Waals surface area contributed by atoms with Gasteiger partial charge in [0.2, 0.25) is 0 Å². The fourth-order valence-electron chi connectivity index (χ4n) is 3.32. The van der Waals surface area contributed by atoms with E-state index >= 15 is 0 Å². The van der Waals surface area contributed by atoms with Crippen LogP contribution in [0.1, 0.15) is 46.0 Å². The summed E-state index contributed by atoms with van der Waals surface area (Å²) in [5.41, 5.74) is 1.60. The standard InChI is InChI=1S/C23H26Cl2N4O5/c1-12(2)15-6-13(26-10-19(15)30)7-16-17(24)8-14(9-18(16)25)29(22(32)33-23(3,4)5)11-20-27-21(31)34-28-20/h6,8-9,12H,7,10-11H2,1-5H3,(H,27,28,31). The Labute approximate surface area is 206 Å². The summed E-state index contributed by atoms with van der Waals surface area (Å²) in [4.78, 5) is 44.4. The number of Topliss-reactive ketones (excluding diaryl/α,β-unsaturated/α-hetero) is 1. The molecule has 34 heavy (non-hydrogen) atoms. The maximum Gasteiger partial charge on any atom is 0.438 e. The van der Waals surface area contributed by atoms with Gasteiger partial charge in [0.1, 0.15) is 12.1 Å². The van der Waals surface area contributed by atoms with Gasteiger partial charge in [-0.1, -0.05) is 42.2 Å². The number of ether oxygens (including phenoxy) is 1. The van der Waals surface area contributed by atoms with Crippen molar-refractivity contribution in [1.29, 1.82) is 0 Å². The number of dihydropyridines is 1. The summed E-state index contributed by atoms with van der Waals surface area (Å²) >= 11 is 13.1. The summed E-state index contributed by atoms with van der Waals surface area (Å²) in [6.07, 6.45) is 1.42. The molecule has 1 aliphatic heterocycles. The summed E-state index contributed by atoms with van der Waals surface area (Å²) in [6, 6.07) is 3.15. The van der Waals surface area contributed by atoms with Crippen LogP contribution in [0.25, 0.3) is 0 Å². The number of ketones is 1. The number of amides is 1. The van der Waals surface area contributed by atoms with Crippen LogP contribution in [-0.2, 0) is 22.5 Å². The van der Waals surface area contributed by atoms with Crippen molar-refractivity contribution in [3.05, 3.63) is 55.8 Å². The Morgan fingerprint density at radius 1 is 1.24 bits per heavy atom. The number of nitrogens with zero attached hydrogens (tertiary/aromatic N) is 3. The van der Waals surface area contributed by atoms with E-state index in [0.29, 0.717) is 39.0 Å². The number of allylic oxidation sites excluding steroid dienone is 1. The second kappa shape index (κ2) is 10.1. The van der Waals surface area contributed by atoms with E-state index in [1.54, 1.807) is 39.0 Å². The van der Waals surface area contributed by atoms with Gasteiger partial charge >= 0.3 is 11.8 Å². The molecular formula is C23H26Cl2N4O5. The van der Waals surface area contributed by atoms with Crippen molar-refractivity contribution in [2.75, 3.05) is 11.4 Å². The zero-order valence-electron chi connectivity index (χ0n) is 19.6. The van der Waals surface area contributed by atoms with Crippen LogP contribution in [0.4, 0.5) is 10.5 Å². The maximum absolute atomic E-state index is 12.9. The van der Waals surface area contributed by atoms with Crippen molar-refractivity contribution in [3.8, 4) is 0 Å². The summed E-state index contributed by atoms with van der Waals surface area (Å²) in [5, 5.41) is 4.24. The predicted octanol–water partition coefficient (Wildman–Crippen LogP) is 4.76. The molecule has 3 rings (SSSR count). The van der Waals surface area contributed by atoms with Crippen LogP contribution >= 0.6 is 23.2 Å². The second-order valence-electron chi connectivity index (χ2n) is 9.16. The van der Waals surface area contributed by atoms with Crippen molar-refractivity contribution >= 4 is 46.5 Å². The number of nitrogens with one attached hydrogen (secondary N) is 1. The van der Waals surface area contributed by atoms with Gasteiger partial charge in [0.05, 0.1) is 12.2 Å². The molecule has 0 radical (unpaired) electrons. The Balaban J connectivity index is 1.93. The van der Waals surface area contributed by atoms with Crippen molar-refractivity contribution in [1.82, 2.24) is 10.1 Å². The topological polar surface area (TPSA) is 118 Å². The number of carbonyl (C=O) groups excluding carboxylic acids is 2. The van der Waals surface area contributed by atoms with E-state index in [9.17, 15) is 14.4 Å². The molecule has 0 saturated carbocycles. The van der Waals surface area contributed by atoms with Crippen molar-refractivity contribution < 1.29 is 18.8 Å². The maximum atomic E-state index is 12.9. The molecule has 11 heteroatoms. The number of rotatable bonds is 6. The molecule has 2 heterocycles. The van der Waals surface area contributed by atoms with E-state index in [2.05, 4.69) is 19.7 Å². The highest BCUT2D eigenvalue weighted by Gasteiger charge is 2.27. The first-order chi connectivity index (χ1) is 15.8. The van der Waals surface area contributed by atoms with Gasteiger partial charge < -0.3 is 4.74 Å². The number of hydrogen-bond acceptors (Lipinski definition) is 7. The molecule has 0 atom stereocenters. The summed E-state index contributed by atoms with van der Waals surface area (Å²) in [7, 11) is 0. The molecular weight excluding hydrogens is 483 g/mol. The lowest BCUT2D eigenvalue weighted by Gasteiger charge is -2.27. The Bertz CT molecular complexity index is 1200. The molecule has 182 valence electrons. The third-order valence-electron chi connectivity index (χ3n) is 4.89. The number of hydrogen-bond donors (Lipinski definition) is 1. The number of H-pyrrole nitrogens is 1. The average molecular weight is 509 g/mol. The molecule has 0 saturated heterocycles. The first kappa shape index (κ1) is 25.7. The van der Waals surface area contributed by atoms with Crippen LogP contribution in [0.5, 0.6) is 0 Å². The van der Waals surface area contributed by atoms with E-state index in [-0.39, 0.29) is 30.6 Å². The highest BCUT2D eigenvalue weighted by atomic mass is 35.5. The number of anilines is 1. The Hall–Kier alpha value is -2.91. The van der Waals surface area contributed by atoms with Crippen molar-refractivity contribution in [2.45, 2.75) is 53.2 Å². The van der Waals surface area contributed by atoms with Gasteiger partial charge in [-0.3, -0.25) is 24.2 Å². The fraction of sp³-hybridized carbons (Fsp3) is 0.435. The minimum Gasteiger partial charge on any atom is -0.443 e. The first-order valence-corrected chi connectivity index (χ1v) is 11.4.